The van der Waals surface area contributed by atoms with E-state index in [1.165, 1.54) is 12.5 Å². The van der Waals surface area contributed by atoms with Gasteiger partial charge in [0.25, 0.3) is 0 Å². The molecule has 0 aliphatic heterocycles. The molecule has 0 spiro atoms. The quantitative estimate of drug-likeness (QED) is 0.406. The van der Waals surface area contributed by atoms with Gasteiger partial charge < -0.3 is 24.4 Å². The second-order valence-corrected chi connectivity index (χ2v) is 8.13. The number of carbonyl (C=O) groups excluding carboxylic acids is 1. The van der Waals surface area contributed by atoms with Crippen LogP contribution in [0, 0.1) is 0 Å². The second-order valence-electron chi connectivity index (χ2n) is 7.82. The first-order valence-corrected chi connectivity index (χ1v) is 10.6. The number of aliphatic hydroxyl groups is 2. The summed E-state index contributed by atoms with van der Waals surface area (Å²) in [4.78, 5) is 11.1. The third-order valence-electron chi connectivity index (χ3n) is 5.10. The Morgan fingerprint density at radius 1 is 1.13 bits per heavy atom. The molecule has 6 nitrogen and oxygen atoms in total. The number of rotatable bonds is 11. The first-order valence-electron chi connectivity index (χ1n) is 10.0. The molecule has 0 heterocycles. The Hall–Kier alpha value is -2.02. The lowest BCUT2D eigenvalue weighted by Gasteiger charge is -2.31. The van der Waals surface area contributed by atoms with E-state index in [-0.39, 0.29) is 37.1 Å². The van der Waals surface area contributed by atoms with Gasteiger partial charge in [-0.05, 0) is 30.2 Å². The zero-order chi connectivity index (χ0) is 22.1. The summed E-state index contributed by atoms with van der Waals surface area (Å²) >= 11 is 5.80. The van der Waals surface area contributed by atoms with Crippen molar-refractivity contribution in [2.24, 2.45) is 0 Å². The number of hydrogen-bond donors (Lipinski definition) is 2. The van der Waals surface area contributed by atoms with E-state index < -0.39 is 12.2 Å². The Morgan fingerprint density at radius 2 is 1.83 bits per heavy atom. The van der Waals surface area contributed by atoms with Gasteiger partial charge in [-0.3, -0.25) is 4.79 Å². The van der Waals surface area contributed by atoms with Gasteiger partial charge >= 0.3 is 5.97 Å². The van der Waals surface area contributed by atoms with Crippen LogP contribution in [0.1, 0.15) is 39.2 Å². The minimum Gasteiger partial charge on any atom is -0.495 e. The summed E-state index contributed by atoms with van der Waals surface area (Å²) in [5, 5.41) is 18.3. The van der Waals surface area contributed by atoms with Crippen LogP contribution >= 0.6 is 11.6 Å². The van der Waals surface area contributed by atoms with E-state index in [1.54, 1.807) is 0 Å². The highest BCUT2D eigenvalue weighted by Crippen LogP contribution is 2.37. The SMILES string of the molecule is CC(=O)O[C@@H](CCl)COc1ccc(C(C)(C)C2=CC=C(OC[C@H](O)CO)CC2)cc1. The van der Waals surface area contributed by atoms with Crippen LogP contribution < -0.4 is 4.74 Å². The highest BCUT2D eigenvalue weighted by Gasteiger charge is 2.27. The van der Waals surface area contributed by atoms with Crippen LogP contribution in [0.4, 0.5) is 0 Å². The van der Waals surface area contributed by atoms with E-state index >= 15 is 0 Å². The fourth-order valence-electron chi connectivity index (χ4n) is 3.20. The predicted molar refractivity (Wildman–Crippen MR) is 116 cm³/mol. The van der Waals surface area contributed by atoms with Gasteiger partial charge in [0.15, 0.2) is 0 Å². The molecule has 0 amide bonds. The molecule has 0 saturated carbocycles. The molecule has 2 atom stereocenters. The monoisotopic (exact) mass is 438 g/mol. The molecule has 0 radical (unpaired) electrons. The molecule has 0 unspecified atom stereocenters. The Balaban J connectivity index is 1.98. The van der Waals surface area contributed by atoms with Crippen molar-refractivity contribution < 1.29 is 29.2 Å². The summed E-state index contributed by atoms with van der Waals surface area (Å²) in [5.41, 5.74) is 2.27. The molecule has 0 saturated heterocycles. The number of esters is 1. The summed E-state index contributed by atoms with van der Waals surface area (Å²) in [7, 11) is 0. The van der Waals surface area contributed by atoms with E-state index in [0.29, 0.717) is 5.75 Å². The zero-order valence-corrected chi connectivity index (χ0v) is 18.5. The van der Waals surface area contributed by atoms with Crippen LogP contribution in [0.25, 0.3) is 0 Å². The molecule has 0 bridgehead atoms. The van der Waals surface area contributed by atoms with Gasteiger partial charge in [0.05, 0.1) is 18.2 Å². The molecule has 7 heteroatoms. The minimum atomic E-state index is -0.859. The normalized spacial score (nSPS) is 16.2. The number of carbonyl (C=O) groups is 1. The van der Waals surface area contributed by atoms with Crippen molar-refractivity contribution in [1.29, 1.82) is 0 Å². The fourth-order valence-corrected chi connectivity index (χ4v) is 3.35. The van der Waals surface area contributed by atoms with Crippen molar-refractivity contribution in [2.75, 3.05) is 25.7 Å². The lowest BCUT2D eigenvalue weighted by Crippen LogP contribution is -2.25. The van der Waals surface area contributed by atoms with Gasteiger partial charge in [-0.2, -0.15) is 0 Å². The maximum Gasteiger partial charge on any atom is 0.303 e. The van der Waals surface area contributed by atoms with Gasteiger partial charge in [0.1, 0.15) is 31.2 Å². The van der Waals surface area contributed by atoms with Gasteiger partial charge in [-0.15, -0.1) is 11.6 Å². The van der Waals surface area contributed by atoms with Crippen molar-refractivity contribution in [3.63, 3.8) is 0 Å². The molecule has 1 aliphatic rings. The molecule has 0 fully saturated rings. The van der Waals surface area contributed by atoms with E-state index in [0.717, 1.165) is 24.2 Å². The average molecular weight is 439 g/mol. The first-order chi connectivity index (χ1) is 14.3. The average Bonchev–Trinajstić information content (AvgIpc) is 2.75. The molecule has 2 N–H and O–H groups in total. The minimum absolute atomic E-state index is 0.0956. The number of ether oxygens (including phenoxy) is 3. The molecule has 1 aromatic carbocycles. The molecule has 1 aromatic rings. The third-order valence-corrected chi connectivity index (χ3v) is 5.45. The summed E-state index contributed by atoms with van der Waals surface area (Å²) in [5.74, 6) is 1.30. The Kier molecular flexibility index (Phi) is 9.21. The van der Waals surface area contributed by atoms with Crippen LogP contribution in [0.2, 0.25) is 0 Å². The van der Waals surface area contributed by atoms with Crippen LogP contribution in [0.5, 0.6) is 5.75 Å². The van der Waals surface area contributed by atoms with E-state index in [9.17, 15) is 9.90 Å². The summed E-state index contributed by atoms with van der Waals surface area (Å²) < 4.78 is 16.3. The number of aliphatic hydroxyl groups excluding tert-OH is 2. The highest BCUT2D eigenvalue weighted by atomic mass is 35.5. The van der Waals surface area contributed by atoms with Gasteiger partial charge in [0.2, 0.25) is 0 Å². The number of benzene rings is 1. The molecule has 166 valence electrons. The third kappa shape index (κ3) is 7.04. The molecule has 30 heavy (non-hydrogen) atoms. The smallest absolute Gasteiger partial charge is 0.303 e. The number of allylic oxidation sites excluding steroid dienone is 4. The summed E-state index contributed by atoms with van der Waals surface area (Å²) in [6.45, 7) is 5.69. The topological polar surface area (TPSA) is 85.2 Å². The van der Waals surface area contributed by atoms with Crippen molar-refractivity contribution in [3.8, 4) is 5.75 Å². The van der Waals surface area contributed by atoms with Crippen LogP contribution in [-0.2, 0) is 19.7 Å². The van der Waals surface area contributed by atoms with Crippen molar-refractivity contribution in [1.82, 2.24) is 0 Å². The summed E-state index contributed by atoms with van der Waals surface area (Å²) in [6, 6.07) is 7.87. The Bertz CT molecular complexity index is 753. The summed E-state index contributed by atoms with van der Waals surface area (Å²) in [6.07, 6.45) is 4.27. The maximum absolute atomic E-state index is 11.1. The highest BCUT2D eigenvalue weighted by molar-refractivity contribution is 6.18. The lowest BCUT2D eigenvalue weighted by molar-refractivity contribution is -0.146. The Labute approximate surface area is 183 Å². The number of alkyl halides is 1. The van der Waals surface area contributed by atoms with Crippen molar-refractivity contribution >= 4 is 17.6 Å². The van der Waals surface area contributed by atoms with Gasteiger partial charge in [0, 0.05) is 18.8 Å². The van der Waals surface area contributed by atoms with Crippen LogP contribution in [0.3, 0.4) is 0 Å². The molecule has 1 aliphatic carbocycles. The van der Waals surface area contributed by atoms with Crippen LogP contribution in [-0.4, -0.2) is 54.1 Å². The molecular weight excluding hydrogens is 408 g/mol. The van der Waals surface area contributed by atoms with Crippen molar-refractivity contribution in [3.05, 3.63) is 53.3 Å². The number of halogens is 1. The predicted octanol–water partition coefficient (Wildman–Crippen LogP) is 3.49. The fraction of sp³-hybridized carbons (Fsp3) is 0.522. The zero-order valence-electron chi connectivity index (χ0n) is 17.8. The Morgan fingerprint density at radius 3 is 2.37 bits per heavy atom. The largest absolute Gasteiger partial charge is 0.495 e. The van der Waals surface area contributed by atoms with E-state index in [2.05, 4.69) is 19.9 Å². The van der Waals surface area contributed by atoms with Crippen LogP contribution in [0.15, 0.2) is 47.7 Å². The second kappa shape index (κ2) is 11.4. The lowest BCUT2D eigenvalue weighted by atomic mass is 9.74. The standard InChI is InChI=1S/C23H31ClO6/c1-16(26)30-22(12-24)15-29-21-10-6-18(7-11-21)23(2,3)17-4-8-20(9-5-17)28-14-19(27)13-25/h4,6-8,10-11,19,22,25,27H,5,9,12-15H2,1-3H3/t19-,22+/m1/s1. The van der Waals surface area contributed by atoms with Crippen molar-refractivity contribution in [2.45, 2.75) is 51.2 Å². The van der Waals surface area contributed by atoms with Gasteiger partial charge in [-0.25, -0.2) is 0 Å². The number of hydrogen-bond acceptors (Lipinski definition) is 6. The maximum atomic E-state index is 11.1. The first kappa shape index (κ1) is 24.3. The van der Waals surface area contributed by atoms with E-state index in [4.69, 9.17) is 30.9 Å². The molecular formula is C23H31ClO6. The van der Waals surface area contributed by atoms with Gasteiger partial charge in [-0.1, -0.05) is 37.6 Å². The molecule has 2 rings (SSSR count). The van der Waals surface area contributed by atoms with E-state index in [1.807, 2.05) is 30.3 Å². The molecule has 0 aromatic heterocycles.